The first-order valence-electron chi connectivity index (χ1n) is 7.35. The lowest BCUT2D eigenvalue weighted by atomic mass is 10.1. The lowest BCUT2D eigenvalue weighted by Gasteiger charge is -2.10. The molecule has 0 spiro atoms. The second-order valence-corrected chi connectivity index (χ2v) is 6.22. The number of aromatic nitrogens is 2. The van der Waals surface area contributed by atoms with E-state index in [1.165, 1.54) is 35.6 Å². The van der Waals surface area contributed by atoms with Crippen LogP contribution < -0.4 is 5.32 Å². The lowest BCUT2D eigenvalue weighted by Crippen LogP contribution is -2.28. The fraction of sp³-hybridized carbons (Fsp3) is 0.188. The number of thiophene rings is 1. The Labute approximate surface area is 149 Å². The number of alkyl halides is 3. The minimum Gasteiger partial charge on any atom is -0.386 e. The van der Waals surface area contributed by atoms with Crippen molar-refractivity contribution in [3.63, 3.8) is 0 Å². The summed E-state index contributed by atoms with van der Waals surface area (Å²) in [5.74, 6) is -2.08. The molecule has 2 aromatic heterocycles. The third-order valence-electron chi connectivity index (χ3n) is 3.40. The second-order valence-electron chi connectivity index (χ2n) is 5.24. The number of aliphatic hydroxyl groups excluding tert-OH is 1. The Kier molecular flexibility index (Phi) is 5.05. The van der Waals surface area contributed by atoms with Crippen LogP contribution >= 0.6 is 11.3 Å². The van der Waals surface area contributed by atoms with E-state index in [2.05, 4.69) is 20.0 Å². The maximum atomic E-state index is 12.5. The number of nitrogens with one attached hydrogen (secondary N) is 1. The molecule has 0 radical (unpaired) electrons. The normalized spacial score (nSPS) is 12.8. The van der Waals surface area contributed by atoms with Crippen molar-refractivity contribution in [1.29, 1.82) is 0 Å². The van der Waals surface area contributed by atoms with Gasteiger partial charge < -0.3 is 14.9 Å². The molecular weight excluding hydrogens is 371 g/mol. The van der Waals surface area contributed by atoms with Gasteiger partial charge in [0.1, 0.15) is 6.10 Å². The number of carbonyl (C=O) groups is 1. The Bertz CT molecular complexity index is 876. The van der Waals surface area contributed by atoms with Crippen LogP contribution in [0.25, 0.3) is 11.4 Å². The highest BCUT2D eigenvalue weighted by Gasteiger charge is 2.38. The molecule has 136 valence electrons. The Morgan fingerprint density at radius 3 is 2.58 bits per heavy atom. The van der Waals surface area contributed by atoms with E-state index in [1.807, 2.05) is 5.38 Å². The van der Waals surface area contributed by atoms with Crippen LogP contribution in [0.5, 0.6) is 0 Å². The predicted molar refractivity (Wildman–Crippen MR) is 86.3 cm³/mol. The number of amides is 1. The van der Waals surface area contributed by atoms with E-state index in [-0.39, 0.29) is 23.5 Å². The number of benzene rings is 1. The number of carbonyl (C=O) groups excluding carboxylic acids is 1. The Morgan fingerprint density at radius 2 is 2.00 bits per heavy atom. The van der Waals surface area contributed by atoms with Gasteiger partial charge in [0.05, 0.1) is 0 Å². The van der Waals surface area contributed by atoms with E-state index in [4.69, 9.17) is 0 Å². The highest BCUT2D eigenvalue weighted by Crippen LogP contribution is 2.29. The van der Waals surface area contributed by atoms with E-state index in [0.717, 1.165) is 4.88 Å². The Morgan fingerprint density at radius 1 is 1.27 bits per heavy atom. The van der Waals surface area contributed by atoms with Crippen LogP contribution in [-0.2, 0) is 6.18 Å². The van der Waals surface area contributed by atoms with Crippen LogP contribution in [-0.4, -0.2) is 27.7 Å². The Hall–Kier alpha value is -2.72. The molecule has 0 saturated heterocycles. The predicted octanol–water partition coefficient (Wildman–Crippen LogP) is 3.28. The highest BCUT2D eigenvalue weighted by molar-refractivity contribution is 7.10. The first-order valence-corrected chi connectivity index (χ1v) is 8.23. The molecule has 2 N–H and O–H groups in total. The van der Waals surface area contributed by atoms with Gasteiger partial charge in [0.15, 0.2) is 0 Å². The van der Waals surface area contributed by atoms with Crippen molar-refractivity contribution in [2.24, 2.45) is 0 Å². The van der Waals surface area contributed by atoms with Crippen molar-refractivity contribution >= 4 is 17.2 Å². The maximum Gasteiger partial charge on any atom is 0.471 e. The summed E-state index contributed by atoms with van der Waals surface area (Å²) in [6, 6.07) is 9.23. The zero-order valence-electron chi connectivity index (χ0n) is 13.0. The first kappa shape index (κ1) is 18.1. The molecule has 0 saturated carbocycles. The molecular formula is C16H12F3N3O3S. The van der Waals surface area contributed by atoms with Crippen LogP contribution in [0.4, 0.5) is 13.2 Å². The topological polar surface area (TPSA) is 88.2 Å². The van der Waals surface area contributed by atoms with Crippen molar-refractivity contribution in [2.45, 2.75) is 12.3 Å². The van der Waals surface area contributed by atoms with Crippen LogP contribution in [0.15, 0.2) is 46.3 Å². The van der Waals surface area contributed by atoms with Gasteiger partial charge in [0, 0.05) is 22.5 Å². The van der Waals surface area contributed by atoms with Gasteiger partial charge >= 0.3 is 12.1 Å². The van der Waals surface area contributed by atoms with Crippen molar-refractivity contribution in [2.75, 3.05) is 6.54 Å². The van der Waals surface area contributed by atoms with Crippen LogP contribution in [0, 0.1) is 0 Å². The summed E-state index contributed by atoms with van der Waals surface area (Å²) in [5, 5.41) is 17.6. The molecule has 26 heavy (non-hydrogen) atoms. The zero-order valence-corrected chi connectivity index (χ0v) is 13.8. The average Bonchev–Trinajstić information content (AvgIpc) is 3.30. The largest absolute Gasteiger partial charge is 0.471 e. The van der Waals surface area contributed by atoms with Crippen molar-refractivity contribution in [3.8, 4) is 11.4 Å². The van der Waals surface area contributed by atoms with Crippen LogP contribution in [0.3, 0.4) is 0 Å². The fourth-order valence-corrected chi connectivity index (χ4v) is 2.81. The van der Waals surface area contributed by atoms with E-state index in [0.29, 0.717) is 0 Å². The molecule has 0 fully saturated rings. The molecule has 10 heteroatoms. The third kappa shape index (κ3) is 4.09. The molecule has 2 heterocycles. The molecule has 0 bridgehead atoms. The number of rotatable bonds is 5. The highest BCUT2D eigenvalue weighted by atomic mass is 32.1. The average molecular weight is 383 g/mol. The van der Waals surface area contributed by atoms with Gasteiger partial charge in [0.25, 0.3) is 5.91 Å². The van der Waals surface area contributed by atoms with Gasteiger partial charge in [-0.2, -0.15) is 18.2 Å². The summed E-state index contributed by atoms with van der Waals surface area (Å²) in [4.78, 5) is 16.1. The molecule has 1 aromatic carbocycles. The summed E-state index contributed by atoms with van der Waals surface area (Å²) in [6.45, 7) is 0.0425. The summed E-state index contributed by atoms with van der Waals surface area (Å²) < 4.78 is 41.6. The van der Waals surface area contributed by atoms with Crippen LogP contribution in [0.2, 0.25) is 0 Å². The van der Waals surface area contributed by atoms with Gasteiger partial charge in [-0.15, -0.1) is 11.3 Å². The van der Waals surface area contributed by atoms with Gasteiger partial charge in [0.2, 0.25) is 5.82 Å². The van der Waals surface area contributed by atoms with Crippen molar-refractivity contribution in [3.05, 3.63) is 58.1 Å². The summed E-state index contributed by atoms with van der Waals surface area (Å²) in [7, 11) is 0. The summed E-state index contributed by atoms with van der Waals surface area (Å²) in [5.41, 5.74) is 0.561. The fourth-order valence-electron chi connectivity index (χ4n) is 2.10. The molecule has 1 amide bonds. The number of aliphatic hydroxyl groups is 1. The maximum absolute atomic E-state index is 12.5. The summed E-state index contributed by atoms with van der Waals surface area (Å²) in [6.07, 6.45) is -5.52. The first-order chi connectivity index (χ1) is 12.3. The standard InChI is InChI=1S/C16H12F3N3O3S/c17-16(18,19)15-21-13(22-25-15)9-3-5-10(6-4-9)14(24)20-8-11(23)12-2-1-7-26-12/h1-7,11,23H,8H2,(H,20,24)/t11-/m1/s1. The van der Waals surface area contributed by atoms with E-state index < -0.39 is 24.1 Å². The number of nitrogens with zero attached hydrogens (tertiary/aromatic N) is 2. The number of hydrogen-bond acceptors (Lipinski definition) is 6. The molecule has 0 aliphatic heterocycles. The van der Waals surface area contributed by atoms with Gasteiger partial charge in [-0.05, 0) is 23.6 Å². The number of hydrogen-bond donors (Lipinski definition) is 2. The molecule has 3 aromatic rings. The van der Waals surface area contributed by atoms with Gasteiger partial charge in [-0.25, -0.2) is 0 Å². The molecule has 1 atom stereocenters. The SMILES string of the molecule is O=C(NC[C@@H](O)c1cccs1)c1ccc(-c2noc(C(F)(F)F)n2)cc1. The minimum absolute atomic E-state index is 0.0425. The smallest absolute Gasteiger partial charge is 0.386 e. The molecule has 0 unspecified atom stereocenters. The monoisotopic (exact) mass is 383 g/mol. The third-order valence-corrected chi connectivity index (χ3v) is 4.37. The van der Waals surface area contributed by atoms with E-state index in [9.17, 15) is 23.1 Å². The minimum atomic E-state index is -4.71. The molecule has 0 aliphatic rings. The quantitative estimate of drug-likeness (QED) is 0.706. The van der Waals surface area contributed by atoms with Crippen LogP contribution in [0.1, 0.15) is 27.2 Å². The van der Waals surface area contributed by atoms with Crippen molar-refractivity contribution < 1.29 is 27.6 Å². The van der Waals surface area contributed by atoms with Crippen molar-refractivity contribution in [1.82, 2.24) is 15.5 Å². The molecule has 0 aliphatic carbocycles. The Balaban J connectivity index is 1.63. The number of halogens is 3. The second kappa shape index (κ2) is 7.26. The van der Waals surface area contributed by atoms with Gasteiger partial charge in [-0.1, -0.05) is 23.4 Å². The summed E-state index contributed by atoms with van der Waals surface area (Å²) >= 11 is 1.38. The molecule has 6 nitrogen and oxygen atoms in total. The van der Waals surface area contributed by atoms with E-state index >= 15 is 0 Å². The zero-order chi connectivity index (χ0) is 18.7. The van der Waals surface area contributed by atoms with Gasteiger partial charge in [-0.3, -0.25) is 4.79 Å². The lowest BCUT2D eigenvalue weighted by molar-refractivity contribution is -0.159. The van der Waals surface area contributed by atoms with E-state index in [1.54, 1.807) is 12.1 Å². The molecule has 3 rings (SSSR count).